The normalized spacial score (nSPS) is 19.3. The van der Waals surface area contributed by atoms with Crippen molar-refractivity contribution in [3.05, 3.63) is 0 Å². The molecule has 1 N–H and O–H groups in total. The van der Waals surface area contributed by atoms with Crippen LogP contribution in [0.5, 0.6) is 0 Å². The minimum Gasteiger partial charge on any atom is -0.381 e. The Morgan fingerprint density at radius 2 is 1.89 bits per heavy atom. The molecule has 0 radical (unpaired) electrons. The van der Waals surface area contributed by atoms with Crippen LogP contribution in [-0.4, -0.2) is 50.8 Å². The van der Waals surface area contributed by atoms with Gasteiger partial charge in [0.15, 0.2) is 0 Å². The van der Waals surface area contributed by atoms with Crippen LogP contribution in [0.2, 0.25) is 0 Å². The van der Waals surface area contributed by atoms with Gasteiger partial charge in [0.25, 0.3) is 0 Å². The van der Waals surface area contributed by atoms with Crippen molar-refractivity contribution >= 4 is 0 Å². The second kappa shape index (κ2) is 9.73. The van der Waals surface area contributed by atoms with E-state index in [0.29, 0.717) is 6.04 Å². The monoisotopic (exact) mass is 270 g/mol. The van der Waals surface area contributed by atoms with E-state index in [0.717, 1.165) is 38.1 Å². The molecule has 0 aliphatic carbocycles. The van der Waals surface area contributed by atoms with E-state index in [2.05, 4.69) is 38.0 Å². The third-order valence-corrected chi connectivity index (χ3v) is 4.06. The van der Waals surface area contributed by atoms with Gasteiger partial charge in [0.1, 0.15) is 0 Å². The Morgan fingerprint density at radius 3 is 2.47 bits per heavy atom. The highest BCUT2D eigenvalue weighted by molar-refractivity contribution is 4.75. The van der Waals surface area contributed by atoms with E-state index < -0.39 is 0 Å². The molecule has 0 bridgehead atoms. The predicted molar refractivity (Wildman–Crippen MR) is 82.6 cm³/mol. The maximum absolute atomic E-state index is 5.45. The van der Waals surface area contributed by atoms with Crippen LogP contribution in [0.3, 0.4) is 0 Å². The van der Waals surface area contributed by atoms with Crippen LogP contribution in [0.1, 0.15) is 46.5 Å². The Hall–Kier alpha value is -0.120. The first kappa shape index (κ1) is 16.9. The average Bonchev–Trinajstić information content (AvgIpc) is 2.38. The highest BCUT2D eigenvalue weighted by Gasteiger charge is 2.20. The van der Waals surface area contributed by atoms with E-state index in [1.165, 1.54) is 32.2 Å². The van der Waals surface area contributed by atoms with Crippen molar-refractivity contribution in [3.8, 4) is 0 Å². The second-order valence-electron chi connectivity index (χ2n) is 6.49. The average molecular weight is 270 g/mol. The van der Waals surface area contributed by atoms with Crippen molar-refractivity contribution in [3.63, 3.8) is 0 Å². The summed E-state index contributed by atoms with van der Waals surface area (Å²) >= 11 is 0. The summed E-state index contributed by atoms with van der Waals surface area (Å²) in [6.07, 6.45) is 5.04. The third-order valence-electron chi connectivity index (χ3n) is 4.06. The molecule has 114 valence electrons. The first-order valence-electron chi connectivity index (χ1n) is 8.12. The summed E-state index contributed by atoms with van der Waals surface area (Å²) in [6.45, 7) is 12.2. The molecule has 1 atom stereocenters. The van der Waals surface area contributed by atoms with Crippen molar-refractivity contribution in [2.45, 2.75) is 52.5 Å². The van der Waals surface area contributed by atoms with Crippen LogP contribution in [-0.2, 0) is 4.74 Å². The molecule has 1 saturated heterocycles. The summed E-state index contributed by atoms with van der Waals surface area (Å²) in [7, 11) is 2.30. The van der Waals surface area contributed by atoms with Crippen LogP contribution < -0.4 is 5.32 Å². The fourth-order valence-corrected chi connectivity index (χ4v) is 2.84. The van der Waals surface area contributed by atoms with Gasteiger partial charge in [-0.1, -0.05) is 27.2 Å². The number of ether oxygens (including phenoxy) is 1. The van der Waals surface area contributed by atoms with Gasteiger partial charge in [0, 0.05) is 32.3 Å². The molecule has 3 nitrogen and oxygen atoms in total. The summed E-state index contributed by atoms with van der Waals surface area (Å²) in [5.41, 5.74) is 0. The molecule has 0 amide bonds. The first-order chi connectivity index (χ1) is 9.13. The van der Waals surface area contributed by atoms with Gasteiger partial charge in [-0.15, -0.1) is 0 Å². The molecule has 1 aliphatic rings. The molecule has 0 spiro atoms. The molecule has 1 fully saturated rings. The molecule has 1 aliphatic heterocycles. The molecule has 3 heteroatoms. The molecule has 19 heavy (non-hydrogen) atoms. The van der Waals surface area contributed by atoms with Gasteiger partial charge in [0.05, 0.1) is 0 Å². The summed E-state index contributed by atoms with van der Waals surface area (Å²) in [4.78, 5) is 2.58. The molecule has 1 rings (SSSR count). The number of nitrogens with zero attached hydrogens (tertiary/aromatic N) is 1. The first-order valence-corrected chi connectivity index (χ1v) is 8.12. The molecule has 1 heterocycles. The lowest BCUT2D eigenvalue weighted by atomic mass is 9.98. The number of likely N-dealkylation sites (N-methyl/N-ethyl adjacent to an activating group) is 1. The highest BCUT2D eigenvalue weighted by Crippen LogP contribution is 2.17. The zero-order valence-electron chi connectivity index (χ0n) is 13.5. The molecule has 0 saturated carbocycles. The molecule has 1 unspecified atom stereocenters. The number of rotatable bonds is 9. The van der Waals surface area contributed by atoms with E-state index in [4.69, 9.17) is 4.74 Å². The van der Waals surface area contributed by atoms with Gasteiger partial charge in [-0.25, -0.2) is 0 Å². The van der Waals surface area contributed by atoms with Crippen molar-refractivity contribution in [1.29, 1.82) is 0 Å². The quantitative estimate of drug-likeness (QED) is 0.697. The largest absolute Gasteiger partial charge is 0.381 e. The van der Waals surface area contributed by atoms with Gasteiger partial charge in [-0.3, -0.25) is 0 Å². The second-order valence-corrected chi connectivity index (χ2v) is 6.49. The Kier molecular flexibility index (Phi) is 8.67. The van der Waals surface area contributed by atoms with Crippen LogP contribution in [0.25, 0.3) is 0 Å². The zero-order valence-corrected chi connectivity index (χ0v) is 13.5. The van der Waals surface area contributed by atoms with Crippen molar-refractivity contribution in [2.24, 2.45) is 11.8 Å². The molecular formula is C16H34N2O. The maximum Gasteiger partial charge on any atom is 0.0469 e. The lowest BCUT2D eigenvalue weighted by molar-refractivity contribution is 0.0495. The number of hydrogen-bond acceptors (Lipinski definition) is 3. The Labute approximate surface area is 120 Å². The lowest BCUT2D eigenvalue weighted by Crippen LogP contribution is -2.43. The van der Waals surface area contributed by atoms with Gasteiger partial charge < -0.3 is 15.0 Å². The molecule has 0 aromatic carbocycles. The molecular weight excluding hydrogens is 236 g/mol. The summed E-state index contributed by atoms with van der Waals surface area (Å²) in [5, 5.41) is 3.62. The number of hydrogen-bond donors (Lipinski definition) is 1. The third kappa shape index (κ3) is 7.28. The van der Waals surface area contributed by atoms with E-state index in [-0.39, 0.29) is 0 Å². The summed E-state index contributed by atoms with van der Waals surface area (Å²) in [5.74, 6) is 1.58. The van der Waals surface area contributed by atoms with E-state index >= 15 is 0 Å². The molecule has 0 aromatic heterocycles. The Bertz CT molecular complexity index is 215. The maximum atomic E-state index is 5.45. The minimum atomic E-state index is 0.687. The van der Waals surface area contributed by atoms with Crippen molar-refractivity contribution in [2.75, 3.05) is 39.9 Å². The minimum absolute atomic E-state index is 0.687. The predicted octanol–water partition coefficient (Wildman–Crippen LogP) is 2.76. The van der Waals surface area contributed by atoms with Gasteiger partial charge in [-0.2, -0.15) is 0 Å². The van der Waals surface area contributed by atoms with Gasteiger partial charge in [0.2, 0.25) is 0 Å². The zero-order chi connectivity index (χ0) is 14.1. The van der Waals surface area contributed by atoms with E-state index in [1.54, 1.807) is 0 Å². The summed E-state index contributed by atoms with van der Waals surface area (Å²) in [6, 6.07) is 0.687. The van der Waals surface area contributed by atoms with Crippen LogP contribution in [0, 0.1) is 11.8 Å². The fourth-order valence-electron chi connectivity index (χ4n) is 2.84. The van der Waals surface area contributed by atoms with Gasteiger partial charge in [-0.05, 0) is 44.7 Å². The Balaban J connectivity index is 2.31. The van der Waals surface area contributed by atoms with Crippen LogP contribution in [0.4, 0.5) is 0 Å². The number of nitrogens with one attached hydrogen (secondary N) is 1. The fraction of sp³-hybridized carbons (Fsp3) is 1.00. The van der Waals surface area contributed by atoms with E-state index in [9.17, 15) is 0 Å². The smallest absolute Gasteiger partial charge is 0.0469 e. The SMILES string of the molecule is CCCC(CNCC(C)C)N(C)CC1CCOCC1. The summed E-state index contributed by atoms with van der Waals surface area (Å²) < 4.78 is 5.45. The van der Waals surface area contributed by atoms with Crippen LogP contribution >= 0.6 is 0 Å². The van der Waals surface area contributed by atoms with E-state index in [1.807, 2.05) is 0 Å². The highest BCUT2D eigenvalue weighted by atomic mass is 16.5. The van der Waals surface area contributed by atoms with Crippen molar-refractivity contribution < 1.29 is 4.74 Å². The van der Waals surface area contributed by atoms with Gasteiger partial charge >= 0.3 is 0 Å². The topological polar surface area (TPSA) is 24.5 Å². The standard InChI is InChI=1S/C16H34N2O/c1-5-6-16(12-17-11-14(2)3)18(4)13-15-7-9-19-10-8-15/h14-17H,5-13H2,1-4H3. The Morgan fingerprint density at radius 1 is 1.21 bits per heavy atom. The molecule has 0 aromatic rings. The van der Waals surface area contributed by atoms with Crippen molar-refractivity contribution in [1.82, 2.24) is 10.2 Å². The lowest BCUT2D eigenvalue weighted by Gasteiger charge is -2.33. The van der Waals surface area contributed by atoms with Crippen LogP contribution in [0.15, 0.2) is 0 Å².